The summed E-state index contributed by atoms with van der Waals surface area (Å²) in [6.07, 6.45) is 2.21. The van der Waals surface area contributed by atoms with Gasteiger partial charge in [-0.25, -0.2) is 15.8 Å². The maximum absolute atomic E-state index is 11.8. The molecule has 1 saturated carbocycles. The molecule has 8 nitrogen and oxygen atoms in total. The second-order valence-electron chi connectivity index (χ2n) is 5.09. The molecule has 1 aliphatic rings. The van der Waals surface area contributed by atoms with E-state index < -0.39 is 0 Å². The van der Waals surface area contributed by atoms with E-state index in [1.54, 1.807) is 18.1 Å². The number of nitrogens with zero attached hydrogens (tertiary/aromatic N) is 3. The molecule has 116 valence electrons. The lowest BCUT2D eigenvalue weighted by Crippen LogP contribution is -2.37. The van der Waals surface area contributed by atoms with Gasteiger partial charge in [0.1, 0.15) is 17.5 Å². The third-order valence-corrected chi connectivity index (χ3v) is 3.22. The Morgan fingerprint density at radius 1 is 1.52 bits per heavy atom. The van der Waals surface area contributed by atoms with Gasteiger partial charge in [-0.2, -0.15) is 0 Å². The Labute approximate surface area is 124 Å². The zero-order chi connectivity index (χ0) is 15.2. The van der Waals surface area contributed by atoms with Crippen LogP contribution in [0.2, 0.25) is 0 Å². The number of methoxy groups -OCH3 is 1. The topological polar surface area (TPSA) is 105 Å². The lowest BCUT2D eigenvalue weighted by atomic mass is 10.3. The molecule has 0 bridgehead atoms. The summed E-state index contributed by atoms with van der Waals surface area (Å²) in [5.41, 5.74) is 2.55. The second-order valence-corrected chi connectivity index (χ2v) is 5.09. The quantitative estimate of drug-likeness (QED) is 0.347. The number of hydrogen-bond acceptors (Lipinski definition) is 7. The van der Waals surface area contributed by atoms with Crippen LogP contribution >= 0.6 is 0 Å². The van der Waals surface area contributed by atoms with Crippen LogP contribution in [0, 0.1) is 0 Å². The van der Waals surface area contributed by atoms with Crippen molar-refractivity contribution >= 4 is 17.5 Å². The van der Waals surface area contributed by atoms with E-state index in [9.17, 15) is 4.79 Å². The van der Waals surface area contributed by atoms with Crippen molar-refractivity contribution in [2.24, 2.45) is 5.84 Å². The minimum Gasteiger partial charge on any atom is -0.383 e. The molecule has 1 heterocycles. The number of rotatable bonds is 8. The first kappa shape index (κ1) is 15.5. The molecule has 4 N–H and O–H groups in total. The number of nitrogens with one attached hydrogen (secondary N) is 2. The van der Waals surface area contributed by atoms with Gasteiger partial charge >= 0.3 is 0 Å². The Morgan fingerprint density at radius 2 is 2.29 bits per heavy atom. The normalized spacial score (nSPS) is 13.9. The van der Waals surface area contributed by atoms with Crippen molar-refractivity contribution in [2.45, 2.75) is 18.8 Å². The Balaban J connectivity index is 1.99. The van der Waals surface area contributed by atoms with E-state index in [4.69, 9.17) is 10.6 Å². The van der Waals surface area contributed by atoms with Crippen molar-refractivity contribution in [2.75, 3.05) is 44.2 Å². The summed E-state index contributed by atoms with van der Waals surface area (Å²) in [5.74, 6) is 7.81. The molecule has 21 heavy (non-hydrogen) atoms. The summed E-state index contributed by atoms with van der Waals surface area (Å²) in [6.45, 7) is 1.21. The molecule has 0 radical (unpaired) electrons. The van der Waals surface area contributed by atoms with E-state index in [0.717, 1.165) is 18.7 Å². The fourth-order valence-corrected chi connectivity index (χ4v) is 1.89. The van der Waals surface area contributed by atoms with Crippen molar-refractivity contribution in [1.29, 1.82) is 0 Å². The maximum Gasteiger partial charge on any atom is 0.239 e. The number of nitrogen functional groups attached to an aromatic ring is 1. The molecule has 0 aliphatic heterocycles. The van der Waals surface area contributed by atoms with E-state index in [-0.39, 0.29) is 12.5 Å². The van der Waals surface area contributed by atoms with E-state index in [0.29, 0.717) is 30.7 Å². The molecular formula is C13H22N6O2. The highest BCUT2D eigenvalue weighted by Crippen LogP contribution is 2.38. The summed E-state index contributed by atoms with van der Waals surface area (Å²) >= 11 is 0. The Kier molecular flexibility index (Phi) is 5.29. The molecule has 8 heteroatoms. The molecule has 1 fully saturated rings. The van der Waals surface area contributed by atoms with Gasteiger partial charge in [0.15, 0.2) is 0 Å². The summed E-state index contributed by atoms with van der Waals surface area (Å²) in [6, 6.07) is 1.73. The molecule has 0 spiro atoms. The molecule has 1 amide bonds. The van der Waals surface area contributed by atoms with Gasteiger partial charge in [0.2, 0.25) is 5.91 Å². The average Bonchev–Trinajstić information content (AvgIpc) is 3.31. The third-order valence-electron chi connectivity index (χ3n) is 3.22. The van der Waals surface area contributed by atoms with Crippen LogP contribution in [0.4, 0.5) is 11.6 Å². The van der Waals surface area contributed by atoms with Gasteiger partial charge in [0.25, 0.3) is 0 Å². The van der Waals surface area contributed by atoms with Crippen LogP contribution in [-0.2, 0) is 9.53 Å². The van der Waals surface area contributed by atoms with E-state index in [2.05, 4.69) is 20.7 Å². The lowest BCUT2D eigenvalue weighted by molar-refractivity contribution is -0.119. The minimum atomic E-state index is -0.0802. The number of hydrazine groups is 1. The van der Waals surface area contributed by atoms with Crippen LogP contribution in [-0.4, -0.2) is 49.7 Å². The molecule has 1 aromatic heterocycles. The van der Waals surface area contributed by atoms with Crippen molar-refractivity contribution < 1.29 is 9.53 Å². The van der Waals surface area contributed by atoms with Crippen LogP contribution < -0.4 is 21.5 Å². The molecule has 0 aromatic carbocycles. The van der Waals surface area contributed by atoms with Gasteiger partial charge < -0.3 is 20.4 Å². The standard InChI is InChI=1S/C13H22N6O2/c1-19(8-12(20)15-5-6-21-2)11-7-10(18-14)16-13(17-11)9-3-4-9/h7,9H,3-6,8,14H2,1-2H3,(H,15,20)(H,16,17,18). The van der Waals surface area contributed by atoms with E-state index in [1.807, 2.05) is 7.05 Å². The predicted molar refractivity (Wildman–Crippen MR) is 80.0 cm³/mol. The van der Waals surface area contributed by atoms with Crippen molar-refractivity contribution in [1.82, 2.24) is 15.3 Å². The highest BCUT2D eigenvalue weighted by molar-refractivity contribution is 5.81. The van der Waals surface area contributed by atoms with Gasteiger partial charge in [0.05, 0.1) is 13.2 Å². The Hall–Kier alpha value is -1.93. The molecule has 0 unspecified atom stereocenters. The van der Waals surface area contributed by atoms with Gasteiger partial charge in [0, 0.05) is 32.7 Å². The summed E-state index contributed by atoms with van der Waals surface area (Å²) < 4.78 is 4.89. The Morgan fingerprint density at radius 3 is 2.90 bits per heavy atom. The fraction of sp³-hybridized carbons (Fsp3) is 0.615. The third kappa shape index (κ3) is 4.54. The van der Waals surface area contributed by atoms with Gasteiger partial charge in [-0.1, -0.05) is 0 Å². The van der Waals surface area contributed by atoms with Crippen molar-refractivity contribution in [3.8, 4) is 0 Å². The lowest BCUT2D eigenvalue weighted by Gasteiger charge is -2.19. The van der Waals surface area contributed by atoms with Crippen LogP contribution in [0.15, 0.2) is 6.07 Å². The molecular weight excluding hydrogens is 272 g/mol. The summed E-state index contributed by atoms with van der Waals surface area (Å²) in [5, 5.41) is 2.77. The van der Waals surface area contributed by atoms with Crippen LogP contribution in [0.1, 0.15) is 24.6 Å². The molecule has 0 atom stereocenters. The first-order valence-electron chi connectivity index (χ1n) is 6.96. The fourth-order valence-electron chi connectivity index (χ4n) is 1.89. The summed E-state index contributed by atoms with van der Waals surface area (Å²) in [7, 11) is 3.41. The SMILES string of the molecule is COCCNC(=O)CN(C)c1cc(NN)nc(C2CC2)n1. The zero-order valence-corrected chi connectivity index (χ0v) is 12.4. The van der Waals surface area contributed by atoms with Gasteiger partial charge in [-0.15, -0.1) is 0 Å². The van der Waals surface area contributed by atoms with Crippen LogP contribution in [0.3, 0.4) is 0 Å². The number of amides is 1. The van der Waals surface area contributed by atoms with Crippen LogP contribution in [0.5, 0.6) is 0 Å². The molecule has 1 aromatic rings. The monoisotopic (exact) mass is 294 g/mol. The number of carbonyl (C=O) groups is 1. The highest BCUT2D eigenvalue weighted by Gasteiger charge is 2.27. The van der Waals surface area contributed by atoms with Gasteiger partial charge in [-0.3, -0.25) is 4.79 Å². The zero-order valence-electron chi connectivity index (χ0n) is 12.4. The number of hydrogen-bond donors (Lipinski definition) is 3. The number of nitrogens with two attached hydrogens (primary N) is 1. The first-order valence-corrected chi connectivity index (χ1v) is 6.96. The maximum atomic E-state index is 11.8. The number of aromatic nitrogens is 2. The first-order chi connectivity index (χ1) is 10.1. The number of likely N-dealkylation sites (N-methyl/N-ethyl adjacent to an activating group) is 1. The smallest absolute Gasteiger partial charge is 0.239 e. The van der Waals surface area contributed by atoms with Crippen LogP contribution in [0.25, 0.3) is 0 Å². The van der Waals surface area contributed by atoms with E-state index >= 15 is 0 Å². The minimum absolute atomic E-state index is 0.0802. The van der Waals surface area contributed by atoms with Crippen molar-refractivity contribution in [3.63, 3.8) is 0 Å². The molecule has 2 rings (SSSR count). The number of anilines is 2. The molecule has 0 saturated heterocycles. The Bertz CT molecular complexity index is 492. The van der Waals surface area contributed by atoms with Crippen molar-refractivity contribution in [3.05, 3.63) is 11.9 Å². The summed E-state index contributed by atoms with van der Waals surface area (Å²) in [4.78, 5) is 22.4. The average molecular weight is 294 g/mol. The second kappa shape index (κ2) is 7.19. The number of ether oxygens (including phenoxy) is 1. The molecule has 1 aliphatic carbocycles. The van der Waals surface area contributed by atoms with E-state index in [1.165, 1.54) is 0 Å². The largest absolute Gasteiger partial charge is 0.383 e. The van der Waals surface area contributed by atoms with Gasteiger partial charge in [-0.05, 0) is 12.8 Å². The number of carbonyl (C=O) groups excluding carboxylic acids is 1. The highest BCUT2D eigenvalue weighted by atomic mass is 16.5. The predicted octanol–water partition coefficient (Wildman–Crippen LogP) is -0.162.